The highest BCUT2D eigenvalue weighted by atomic mass is 32.2. The Labute approximate surface area is 129 Å². The third-order valence-corrected chi connectivity index (χ3v) is 4.25. The molecule has 20 heavy (non-hydrogen) atoms. The topological polar surface area (TPSA) is 34.1 Å². The molecule has 0 amide bonds. The Kier molecular flexibility index (Phi) is 8.72. The molecule has 118 valence electrons. The van der Waals surface area contributed by atoms with Crippen LogP contribution in [0, 0.1) is 23.2 Å². The molecule has 2 nitrogen and oxygen atoms in total. The molecule has 1 atom stereocenters. The van der Waals surface area contributed by atoms with Crippen molar-refractivity contribution in [3.05, 3.63) is 0 Å². The van der Waals surface area contributed by atoms with Crippen LogP contribution >= 0.6 is 11.8 Å². The summed E-state index contributed by atoms with van der Waals surface area (Å²) in [6.45, 7) is 14.4. The lowest BCUT2D eigenvalue weighted by molar-refractivity contribution is -0.130. The van der Waals surface area contributed by atoms with E-state index in [1.807, 2.05) is 20.8 Å². The minimum atomic E-state index is -0.290. The first-order chi connectivity index (χ1) is 9.04. The van der Waals surface area contributed by atoms with Gasteiger partial charge in [-0.1, -0.05) is 48.5 Å². The summed E-state index contributed by atoms with van der Waals surface area (Å²) in [5.74, 6) is 2.96. The van der Waals surface area contributed by atoms with Gasteiger partial charge >= 0.3 is 0 Å². The fraction of sp³-hybridized carbons (Fsp3) is 0.882. The van der Waals surface area contributed by atoms with E-state index in [1.165, 1.54) is 0 Å². The third-order valence-electron chi connectivity index (χ3n) is 3.08. The van der Waals surface area contributed by atoms with Crippen LogP contribution in [0.5, 0.6) is 0 Å². The molecular weight excluding hydrogens is 268 g/mol. The summed E-state index contributed by atoms with van der Waals surface area (Å²) in [5, 5.41) is 0. The van der Waals surface area contributed by atoms with E-state index < -0.39 is 0 Å². The summed E-state index contributed by atoms with van der Waals surface area (Å²) in [6, 6.07) is 0. The van der Waals surface area contributed by atoms with Gasteiger partial charge < -0.3 is 0 Å². The molecule has 0 spiro atoms. The predicted octanol–water partition coefficient (Wildman–Crippen LogP) is 4.61. The van der Waals surface area contributed by atoms with Gasteiger partial charge in [0.15, 0.2) is 0 Å². The molecule has 0 rings (SSSR count). The van der Waals surface area contributed by atoms with Crippen LogP contribution in [0.1, 0.15) is 61.3 Å². The molecule has 1 unspecified atom stereocenters. The van der Waals surface area contributed by atoms with Gasteiger partial charge in [0.2, 0.25) is 0 Å². The Bertz CT molecular complexity index is 313. The summed E-state index contributed by atoms with van der Waals surface area (Å²) < 4.78 is 0. The first-order valence-electron chi connectivity index (χ1n) is 7.67. The van der Waals surface area contributed by atoms with Crippen LogP contribution in [0.4, 0.5) is 0 Å². The first-order valence-corrected chi connectivity index (χ1v) is 8.83. The Hall–Kier alpha value is -0.310. The maximum Gasteiger partial charge on any atom is 0.142 e. The molecule has 0 aliphatic rings. The summed E-state index contributed by atoms with van der Waals surface area (Å²) >= 11 is 1.63. The van der Waals surface area contributed by atoms with Gasteiger partial charge in [-0.05, 0) is 18.3 Å². The van der Waals surface area contributed by atoms with Gasteiger partial charge in [0, 0.05) is 23.5 Å². The second-order valence-corrected chi connectivity index (χ2v) is 8.62. The van der Waals surface area contributed by atoms with Crippen molar-refractivity contribution in [1.29, 1.82) is 0 Å². The molecule has 0 bridgehead atoms. The molecule has 0 heterocycles. The normalized spacial score (nSPS) is 13.8. The molecule has 0 saturated carbocycles. The van der Waals surface area contributed by atoms with E-state index in [1.54, 1.807) is 11.8 Å². The van der Waals surface area contributed by atoms with Crippen molar-refractivity contribution in [2.24, 2.45) is 23.2 Å². The number of thioether (sulfide) groups is 1. The Balaban J connectivity index is 4.39. The predicted molar refractivity (Wildman–Crippen MR) is 89.2 cm³/mol. The van der Waals surface area contributed by atoms with Gasteiger partial charge in [-0.2, -0.15) is 11.8 Å². The monoisotopic (exact) mass is 300 g/mol. The lowest BCUT2D eigenvalue weighted by Crippen LogP contribution is -2.31. The molecular formula is C17H32O2S. The van der Waals surface area contributed by atoms with E-state index in [4.69, 9.17) is 0 Å². The zero-order valence-electron chi connectivity index (χ0n) is 14.3. The number of carbonyl (C=O) groups is 2. The minimum absolute atomic E-state index is 0.0758. The Morgan fingerprint density at radius 2 is 1.55 bits per heavy atom. The van der Waals surface area contributed by atoms with E-state index in [9.17, 15) is 9.59 Å². The standard InChI is InChI=1S/C17H32O2S/c1-12(2)8-14(16(19)17(5,6)7)10-20-11-15(18)9-13(3)4/h12-14H,8-11H2,1-7H3. The van der Waals surface area contributed by atoms with Crippen molar-refractivity contribution in [3.63, 3.8) is 0 Å². The minimum Gasteiger partial charge on any atom is -0.299 e. The van der Waals surface area contributed by atoms with Crippen LogP contribution in [0.25, 0.3) is 0 Å². The number of rotatable bonds is 9. The molecule has 0 aliphatic heterocycles. The smallest absolute Gasteiger partial charge is 0.142 e. The molecule has 0 N–H and O–H groups in total. The SMILES string of the molecule is CC(C)CC(=O)CSCC(CC(C)C)C(=O)C(C)(C)C. The van der Waals surface area contributed by atoms with E-state index >= 15 is 0 Å². The van der Waals surface area contributed by atoms with E-state index in [0.29, 0.717) is 35.6 Å². The van der Waals surface area contributed by atoms with Gasteiger partial charge in [0.25, 0.3) is 0 Å². The highest BCUT2D eigenvalue weighted by molar-refractivity contribution is 7.99. The van der Waals surface area contributed by atoms with Crippen LogP contribution in [0.15, 0.2) is 0 Å². The molecule has 0 radical (unpaired) electrons. The highest BCUT2D eigenvalue weighted by Crippen LogP contribution is 2.27. The number of Topliss-reactive ketones (excluding diaryl/α,β-unsaturated/α-hetero) is 2. The van der Waals surface area contributed by atoms with Crippen LogP contribution in [-0.2, 0) is 9.59 Å². The van der Waals surface area contributed by atoms with Crippen molar-refractivity contribution >= 4 is 23.3 Å². The van der Waals surface area contributed by atoms with E-state index in [2.05, 4.69) is 27.7 Å². The number of hydrogen-bond acceptors (Lipinski definition) is 3. The average molecular weight is 301 g/mol. The summed E-state index contributed by atoms with van der Waals surface area (Å²) in [7, 11) is 0. The van der Waals surface area contributed by atoms with Crippen molar-refractivity contribution in [3.8, 4) is 0 Å². The molecule has 3 heteroatoms. The van der Waals surface area contributed by atoms with Crippen LogP contribution in [-0.4, -0.2) is 23.1 Å². The zero-order valence-corrected chi connectivity index (χ0v) is 15.1. The van der Waals surface area contributed by atoms with Crippen molar-refractivity contribution in [2.45, 2.75) is 61.3 Å². The summed E-state index contributed by atoms with van der Waals surface area (Å²) in [4.78, 5) is 24.2. The van der Waals surface area contributed by atoms with Gasteiger partial charge in [-0.15, -0.1) is 0 Å². The lowest BCUT2D eigenvalue weighted by Gasteiger charge is -2.25. The fourth-order valence-electron chi connectivity index (χ4n) is 2.26. The lowest BCUT2D eigenvalue weighted by atomic mass is 9.80. The van der Waals surface area contributed by atoms with Crippen LogP contribution in [0.2, 0.25) is 0 Å². The van der Waals surface area contributed by atoms with Crippen molar-refractivity contribution < 1.29 is 9.59 Å². The maximum absolute atomic E-state index is 12.5. The van der Waals surface area contributed by atoms with Crippen molar-refractivity contribution in [2.75, 3.05) is 11.5 Å². The average Bonchev–Trinajstić information content (AvgIpc) is 2.23. The molecule has 0 saturated heterocycles. The largest absolute Gasteiger partial charge is 0.299 e. The summed E-state index contributed by atoms with van der Waals surface area (Å²) in [5.41, 5.74) is -0.290. The number of hydrogen-bond donors (Lipinski definition) is 0. The number of ketones is 2. The van der Waals surface area contributed by atoms with Gasteiger partial charge in [0.1, 0.15) is 11.6 Å². The first kappa shape index (κ1) is 19.7. The molecule has 0 aromatic rings. The second kappa shape index (κ2) is 8.86. The van der Waals surface area contributed by atoms with E-state index in [-0.39, 0.29) is 11.3 Å². The molecule has 0 aromatic heterocycles. The third kappa shape index (κ3) is 8.78. The zero-order chi connectivity index (χ0) is 15.9. The quantitative estimate of drug-likeness (QED) is 0.623. The highest BCUT2D eigenvalue weighted by Gasteiger charge is 2.29. The van der Waals surface area contributed by atoms with E-state index in [0.717, 1.165) is 12.2 Å². The second-order valence-electron chi connectivity index (χ2n) is 7.59. The van der Waals surface area contributed by atoms with Gasteiger partial charge in [-0.3, -0.25) is 9.59 Å². The molecule has 0 fully saturated rings. The fourth-order valence-corrected chi connectivity index (χ4v) is 3.30. The Morgan fingerprint density at radius 1 is 1.00 bits per heavy atom. The molecule has 0 aliphatic carbocycles. The Morgan fingerprint density at radius 3 is 1.95 bits per heavy atom. The van der Waals surface area contributed by atoms with Crippen molar-refractivity contribution in [1.82, 2.24) is 0 Å². The number of carbonyl (C=O) groups excluding carboxylic acids is 2. The van der Waals surface area contributed by atoms with Crippen LogP contribution < -0.4 is 0 Å². The van der Waals surface area contributed by atoms with Gasteiger partial charge in [0.05, 0.1) is 5.75 Å². The summed E-state index contributed by atoms with van der Waals surface area (Å²) in [6.07, 6.45) is 1.57. The molecule has 0 aromatic carbocycles. The maximum atomic E-state index is 12.5. The van der Waals surface area contributed by atoms with Crippen LogP contribution in [0.3, 0.4) is 0 Å². The van der Waals surface area contributed by atoms with Gasteiger partial charge in [-0.25, -0.2) is 0 Å².